The average molecular weight is 304 g/mol. The molecule has 0 aliphatic carbocycles. The van der Waals surface area contributed by atoms with Crippen LogP contribution in [0.2, 0.25) is 0 Å². The molecule has 2 atom stereocenters. The first kappa shape index (κ1) is 17.6. The van der Waals surface area contributed by atoms with Crippen LogP contribution in [-0.2, 0) is 6.54 Å². The van der Waals surface area contributed by atoms with Crippen LogP contribution in [0.5, 0.6) is 5.75 Å². The van der Waals surface area contributed by atoms with E-state index in [0.717, 1.165) is 20.9 Å². The summed E-state index contributed by atoms with van der Waals surface area (Å²) in [7, 11) is 2.49. The van der Waals surface area contributed by atoms with Crippen molar-refractivity contribution < 1.29 is 4.74 Å². The Hall–Kier alpha value is -1.44. The highest BCUT2D eigenvalue weighted by molar-refractivity contribution is 7.37. The molecule has 114 valence electrons. The summed E-state index contributed by atoms with van der Waals surface area (Å²) in [5, 5.41) is 3.57. The van der Waals surface area contributed by atoms with Gasteiger partial charge in [-0.05, 0) is 36.0 Å². The number of hydrogen-bond donors (Lipinski definition) is 1. The maximum Gasteiger partial charge on any atom is 0.119 e. The van der Waals surface area contributed by atoms with Gasteiger partial charge in [0.1, 0.15) is 5.75 Å². The molecule has 1 aromatic heterocycles. The van der Waals surface area contributed by atoms with Crippen molar-refractivity contribution in [1.82, 2.24) is 10.3 Å². The fourth-order valence-corrected chi connectivity index (χ4v) is 2.75. The summed E-state index contributed by atoms with van der Waals surface area (Å²) in [5.74, 6) is 1.26. The van der Waals surface area contributed by atoms with E-state index in [-0.39, 0.29) is 0 Å². The van der Waals surface area contributed by atoms with Crippen molar-refractivity contribution in [1.29, 1.82) is 0 Å². The zero-order valence-corrected chi connectivity index (χ0v) is 14.3. The van der Waals surface area contributed by atoms with Gasteiger partial charge in [0.05, 0.1) is 7.11 Å². The predicted molar refractivity (Wildman–Crippen MR) is 92.4 cm³/mol. The predicted octanol–water partition coefficient (Wildman–Crippen LogP) is 4.21. The lowest BCUT2D eigenvalue weighted by Gasteiger charge is -2.18. The van der Waals surface area contributed by atoms with Crippen LogP contribution in [0.25, 0.3) is 0 Å². The quantitative estimate of drug-likeness (QED) is 0.812. The van der Waals surface area contributed by atoms with Gasteiger partial charge < -0.3 is 10.1 Å². The number of ether oxygens (including phenoxy) is 1. The molecule has 2 unspecified atom stereocenters. The Kier molecular flexibility index (Phi) is 8.65. The number of hydrogen-bond acceptors (Lipinski definition) is 3. The summed E-state index contributed by atoms with van der Waals surface area (Å²) in [6.45, 7) is 7.04. The maximum atomic E-state index is 5.28. The van der Waals surface area contributed by atoms with Gasteiger partial charge in [0, 0.05) is 24.7 Å². The summed E-state index contributed by atoms with van der Waals surface area (Å²) < 4.78 is 5.28. The Morgan fingerprint density at radius 1 is 1.24 bits per heavy atom. The average Bonchev–Trinajstić information content (AvgIpc) is 2.58. The van der Waals surface area contributed by atoms with Crippen molar-refractivity contribution >= 4 is 8.58 Å². The smallest absolute Gasteiger partial charge is 0.119 e. The molecule has 1 N–H and O–H groups in total. The van der Waals surface area contributed by atoms with Gasteiger partial charge >= 0.3 is 0 Å². The number of nitrogens with zero attached hydrogens (tertiary/aromatic N) is 1. The standard InChI is InChI=1S/C15H19N2OP.C2H6/c1-18-14-7-3-6-13(9-14)15(19-2)17-11-12-5-4-8-16-10-12;1-2/h3-10,15,17,19H,11H2,1-2H3;1-2H3. The first-order chi connectivity index (χ1) is 10.3. The van der Waals surface area contributed by atoms with E-state index < -0.39 is 0 Å². The topological polar surface area (TPSA) is 34.1 Å². The Balaban J connectivity index is 0.00000106. The largest absolute Gasteiger partial charge is 0.497 e. The lowest BCUT2D eigenvalue weighted by atomic mass is 10.2. The van der Waals surface area contributed by atoms with E-state index in [1.807, 2.05) is 38.2 Å². The van der Waals surface area contributed by atoms with Gasteiger partial charge in [-0.15, -0.1) is 8.58 Å². The first-order valence-corrected chi connectivity index (χ1v) is 8.84. The summed E-state index contributed by atoms with van der Waals surface area (Å²) in [6, 6.07) is 12.3. The highest BCUT2D eigenvalue weighted by Crippen LogP contribution is 2.31. The van der Waals surface area contributed by atoms with Crippen LogP contribution in [0.15, 0.2) is 48.8 Å². The van der Waals surface area contributed by atoms with Crippen molar-refractivity contribution in [3.05, 3.63) is 59.9 Å². The molecular weight excluding hydrogens is 279 g/mol. The molecule has 0 fully saturated rings. The Labute approximate surface area is 129 Å². The number of pyridine rings is 1. The molecule has 0 aliphatic rings. The van der Waals surface area contributed by atoms with Crippen LogP contribution in [0, 0.1) is 0 Å². The maximum absolute atomic E-state index is 5.28. The molecule has 1 heterocycles. The Bertz CT molecular complexity index is 505. The van der Waals surface area contributed by atoms with Gasteiger partial charge in [-0.1, -0.05) is 32.0 Å². The third-order valence-electron chi connectivity index (χ3n) is 2.95. The number of rotatable bonds is 6. The lowest BCUT2D eigenvalue weighted by Crippen LogP contribution is -2.17. The first-order valence-electron chi connectivity index (χ1n) is 7.27. The minimum atomic E-state index is 0.357. The number of methoxy groups -OCH3 is 1. The second-order valence-electron chi connectivity index (χ2n) is 4.24. The number of aromatic nitrogens is 1. The highest BCUT2D eigenvalue weighted by Gasteiger charge is 2.09. The summed E-state index contributed by atoms with van der Waals surface area (Å²) in [6.07, 6.45) is 3.69. The van der Waals surface area contributed by atoms with Crippen molar-refractivity contribution in [3.8, 4) is 5.75 Å². The SMILES string of the molecule is CC.COc1cccc(C(NCc2cccnc2)PC)c1. The molecule has 0 saturated heterocycles. The summed E-state index contributed by atoms with van der Waals surface area (Å²) in [5.41, 5.74) is 2.47. The van der Waals surface area contributed by atoms with Crippen LogP contribution in [0.3, 0.4) is 0 Å². The van der Waals surface area contributed by atoms with Crippen LogP contribution in [0.1, 0.15) is 30.8 Å². The van der Waals surface area contributed by atoms with Crippen molar-refractivity contribution in [3.63, 3.8) is 0 Å². The molecule has 0 saturated carbocycles. The molecule has 0 bridgehead atoms. The van der Waals surface area contributed by atoms with E-state index in [1.54, 1.807) is 13.3 Å². The van der Waals surface area contributed by atoms with E-state index in [1.165, 1.54) is 11.1 Å². The van der Waals surface area contributed by atoms with Crippen LogP contribution in [0.4, 0.5) is 0 Å². The molecule has 2 rings (SSSR count). The van der Waals surface area contributed by atoms with Gasteiger partial charge in [0.15, 0.2) is 0 Å². The van der Waals surface area contributed by atoms with Crippen molar-refractivity contribution in [2.45, 2.75) is 26.2 Å². The monoisotopic (exact) mass is 304 g/mol. The van der Waals surface area contributed by atoms with E-state index in [0.29, 0.717) is 5.78 Å². The molecule has 1 aromatic carbocycles. The van der Waals surface area contributed by atoms with Gasteiger partial charge in [-0.3, -0.25) is 4.98 Å². The van der Waals surface area contributed by atoms with Gasteiger partial charge in [0.2, 0.25) is 0 Å². The normalized spacial score (nSPS) is 11.8. The minimum Gasteiger partial charge on any atom is -0.497 e. The zero-order valence-electron chi connectivity index (χ0n) is 13.3. The van der Waals surface area contributed by atoms with E-state index in [9.17, 15) is 0 Å². The van der Waals surface area contributed by atoms with E-state index >= 15 is 0 Å². The molecule has 2 aromatic rings. The van der Waals surface area contributed by atoms with Crippen molar-refractivity contribution in [2.24, 2.45) is 0 Å². The summed E-state index contributed by atoms with van der Waals surface area (Å²) in [4.78, 5) is 4.13. The number of nitrogens with one attached hydrogen (secondary N) is 1. The Morgan fingerprint density at radius 2 is 2.05 bits per heavy atom. The third-order valence-corrected chi connectivity index (χ3v) is 4.06. The zero-order chi connectivity index (χ0) is 15.5. The fourth-order valence-electron chi connectivity index (χ4n) is 1.93. The molecule has 0 amide bonds. The number of benzene rings is 1. The molecule has 21 heavy (non-hydrogen) atoms. The molecule has 3 nitrogen and oxygen atoms in total. The third kappa shape index (κ3) is 5.82. The van der Waals surface area contributed by atoms with Gasteiger partial charge in [0.25, 0.3) is 0 Å². The molecule has 4 heteroatoms. The van der Waals surface area contributed by atoms with Crippen LogP contribution < -0.4 is 10.1 Å². The molecular formula is C17H25N2OP. The van der Waals surface area contributed by atoms with E-state index in [2.05, 4.69) is 35.2 Å². The fraction of sp³-hybridized carbons (Fsp3) is 0.353. The van der Waals surface area contributed by atoms with Crippen LogP contribution >= 0.6 is 8.58 Å². The second kappa shape index (κ2) is 10.3. The highest BCUT2D eigenvalue weighted by atomic mass is 31.1. The molecule has 0 spiro atoms. The van der Waals surface area contributed by atoms with Crippen molar-refractivity contribution in [2.75, 3.05) is 13.8 Å². The molecule has 0 aliphatic heterocycles. The Morgan fingerprint density at radius 3 is 2.67 bits per heavy atom. The van der Waals surface area contributed by atoms with Gasteiger partial charge in [-0.2, -0.15) is 0 Å². The molecule has 0 radical (unpaired) electrons. The van der Waals surface area contributed by atoms with Crippen LogP contribution in [-0.4, -0.2) is 18.8 Å². The van der Waals surface area contributed by atoms with E-state index in [4.69, 9.17) is 4.74 Å². The second-order valence-corrected chi connectivity index (χ2v) is 5.40. The minimum absolute atomic E-state index is 0.357. The lowest BCUT2D eigenvalue weighted by molar-refractivity contribution is 0.414. The van der Waals surface area contributed by atoms with Gasteiger partial charge in [-0.25, -0.2) is 0 Å². The summed E-state index contributed by atoms with van der Waals surface area (Å²) >= 11 is 0.